The van der Waals surface area contributed by atoms with E-state index in [2.05, 4.69) is 22.5 Å². The number of hydrogen-bond acceptors (Lipinski definition) is 7. The van der Waals surface area contributed by atoms with Gasteiger partial charge >= 0.3 is 0 Å². The summed E-state index contributed by atoms with van der Waals surface area (Å²) < 4.78 is 10.6. The van der Waals surface area contributed by atoms with Crippen LogP contribution in [0.15, 0.2) is 52.7 Å². The Labute approximate surface area is 201 Å². The molecule has 0 atom stereocenters. The number of benzene rings is 2. The molecule has 0 spiro atoms. The predicted molar refractivity (Wildman–Crippen MR) is 135 cm³/mol. The highest BCUT2D eigenvalue weighted by molar-refractivity contribution is 8.00. The van der Waals surface area contributed by atoms with Crippen molar-refractivity contribution >= 4 is 45.7 Å². The summed E-state index contributed by atoms with van der Waals surface area (Å²) in [7, 11) is 3.18. The number of methoxy groups -OCH3 is 2. The second-order valence-electron chi connectivity index (χ2n) is 7.12. The normalized spacial score (nSPS) is 10.5. The minimum atomic E-state index is -0.134. The van der Waals surface area contributed by atoms with Crippen molar-refractivity contribution < 1.29 is 19.1 Å². The van der Waals surface area contributed by atoms with E-state index in [0.29, 0.717) is 23.1 Å². The van der Waals surface area contributed by atoms with Gasteiger partial charge in [-0.1, -0.05) is 13.3 Å². The lowest BCUT2D eigenvalue weighted by Gasteiger charge is -2.08. The lowest BCUT2D eigenvalue weighted by atomic mass is 10.1. The zero-order valence-corrected chi connectivity index (χ0v) is 20.5. The van der Waals surface area contributed by atoms with Crippen LogP contribution in [0.2, 0.25) is 0 Å². The van der Waals surface area contributed by atoms with E-state index in [1.807, 2.05) is 47.8 Å². The number of amides is 2. The SMILES string of the molecule is CCCCC(=O)Nc1ccc(SCC(=O)Nc2nc(-c3ccc(OC)c(OC)c3)cs2)cc1. The first-order valence-corrected chi connectivity index (χ1v) is 12.4. The van der Waals surface area contributed by atoms with Gasteiger partial charge < -0.3 is 20.1 Å². The van der Waals surface area contributed by atoms with Gasteiger partial charge in [0.15, 0.2) is 16.6 Å². The fourth-order valence-electron chi connectivity index (χ4n) is 2.96. The molecule has 0 aliphatic rings. The molecule has 1 aromatic heterocycles. The number of anilines is 2. The number of unbranched alkanes of at least 4 members (excludes halogenated alkanes) is 1. The summed E-state index contributed by atoms with van der Waals surface area (Å²) in [6.07, 6.45) is 2.39. The summed E-state index contributed by atoms with van der Waals surface area (Å²) >= 11 is 2.79. The standard InChI is InChI=1S/C24H27N3O4S2/c1-4-5-6-22(28)25-17-8-10-18(11-9-17)32-15-23(29)27-24-26-19(14-33-24)16-7-12-20(30-2)21(13-16)31-3/h7-14H,4-6,15H2,1-3H3,(H,25,28)(H,26,27,29). The second-order valence-corrected chi connectivity index (χ2v) is 9.03. The van der Waals surface area contributed by atoms with Crippen molar-refractivity contribution in [1.82, 2.24) is 4.98 Å². The van der Waals surface area contributed by atoms with Crippen LogP contribution in [0.25, 0.3) is 11.3 Å². The van der Waals surface area contributed by atoms with Crippen molar-refractivity contribution in [1.29, 1.82) is 0 Å². The first kappa shape index (κ1) is 24.6. The summed E-state index contributed by atoms with van der Waals surface area (Å²) in [4.78, 5) is 29.6. The molecule has 0 unspecified atom stereocenters. The highest BCUT2D eigenvalue weighted by Crippen LogP contribution is 2.33. The van der Waals surface area contributed by atoms with Crippen LogP contribution in [0, 0.1) is 0 Å². The number of ether oxygens (including phenoxy) is 2. The maximum Gasteiger partial charge on any atom is 0.236 e. The number of carbonyl (C=O) groups is 2. The molecule has 7 nitrogen and oxygen atoms in total. The number of thiazole rings is 1. The molecule has 0 radical (unpaired) electrons. The molecule has 0 saturated carbocycles. The Kier molecular flexibility index (Phi) is 9.14. The minimum Gasteiger partial charge on any atom is -0.493 e. The quantitative estimate of drug-likeness (QED) is 0.339. The number of rotatable bonds is 11. The van der Waals surface area contributed by atoms with Crippen LogP contribution in [0.4, 0.5) is 10.8 Å². The molecule has 3 rings (SSSR count). The number of hydrogen-bond donors (Lipinski definition) is 2. The summed E-state index contributed by atoms with van der Waals surface area (Å²) in [5.74, 6) is 1.41. The Hall–Kier alpha value is -3.04. The summed E-state index contributed by atoms with van der Waals surface area (Å²) in [6, 6.07) is 13.1. The minimum absolute atomic E-state index is 0.0209. The van der Waals surface area contributed by atoms with Gasteiger partial charge in [0, 0.05) is 27.9 Å². The largest absolute Gasteiger partial charge is 0.493 e. The van der Waals surface area contributed by atoms with Crippen molar-refractivity contribution in [2.24, 2.45) is 0 Å². The van der Waals surface area contributed by atoms with Crippen LogP contribution in [-0.2, 0) is 9.59 Å². The number of nitrogens with zero attached hydrogens (tertiary/aromatic N) is 1. The second kappa shape index (κ2) is 12.3. The molecule has 2 aromatic carbocycles. The summed E-state index contributed by atoms with van der Waals surface area (Å²) in [5, 5.41) is 8.15. The lowest BCUT2D eigenvalue weighted by molar-refractivity contribution is -0.116. The Morgan fingerprint density at radius 1 is 1.00 bits per heavy atom. The first-order valence-electron chi connectivity index (χ1n) is 10.5. The highest BCUT2D eigenvalue weighted by atomic mass is 32.2. The Morgan fingerprint density at radius 3 is 2.45 bits per heavy atom. The average molecular weight is 486 g/mol. The van der Waals surface area contributed by atoms with Crippen LogP contribution in [-0.4, -0.2) is 36.8 Å². The summed E-state index contributed by atoms with van der Waals surface area (Å²) in [6.45, 7) is 2.06. The van der Waals surface area contributed by atoms with E-state index in [1.54, 1.807) is 14.2 Å². The van der Waals surface area contributed by atoms with Crippen molar-refractivity contribution in [3.8, 4) is 22.8 Å². The average Bonchev–Trinajstić information content (AvgIpc) is 3.30. The van der Waals surface area contributed by atoms with Crippen molar-refractivity contribution in [3.05, 3.63) is 47.8 Å². The Balaban J connectivity index is 1.51. The molecule has 1 heterocycles. The van der Waals surface area contributed by atoms with Gasteiger partial charge in [-0.05, 0) is 48.9 Å². The van der Waals surface area contributed by atoms with Gasteiger partial charge in [0.2, 0.25) is 11.8 Å². The van der Waals surface area contributed by atoms with Crippen LogP contribution in [0.1, 0.15) is 26.2 Å². The van der Waals surface area contributed by atoms with E-state index in [1.165, 1.54) is 23.1 Å². The van der Waals surface area contributed by atoms with E-state index in [-0.39, 0.29) is 17.6 Å². The lowest BCUT2D eigenvalue weighted by Crippen LogP contribution is -2.13. The molecule has 174 valence electrons. The van der Waals surface area contributed by atoms with E-state index in [4.69, 9.17) is 9.47 Å². The Morgan fingerprint density at radius 2 is 1.76 bits per heavy atom. The van der Waals surface area contributed by atoms with E-state index >= 15 is 0 Å². The number of carbonyl (C=O) groups excluding carboxylic acids is 2. The number of nitrogens with one attached hydrogen (secondary N) is 2. The van der Waals surface area contributed by atoms with Crippen LogP contribution in [0.5, 0.6) is 11.5 Å². The zero-order chi connectivity index (χ0) is 23.6. The molecule has 3 aromatic rings. The van der Waals surface area contributed by atoms with Gasteiger partial charge in [0.25, 0.3) is 0 Å². The predicted octanol–water partition coefficient (Wildman–Crippen LogP) is 5.69. The molecule has 2 amide bonds. The topological polar surface area (TPSA) is 89.6 Å². The number of thioether (sulfide) groups is 1. The third-order valence-electron chi connectivity index (χ3n) is 4.70. The van der Waals surface area contributed by atoms with E-state index < -0.39 is 0 Å². The van der Waals surface area contributed by atoms with Gasteiger partial charge in [0.05, 0.1) is 25.7 Å². The van der Waals surface area contributed by atoms with Gasteiger partial charge in [-0.25, -0.2) is 4.98 Å². The number of aromatic nitrogens is 1. The van der Waals surface area contributed by atoms with Crippen molar-refractivity contribution in [3.63, 3.8) is 0 Å². The van der Waals surface area contributed by atoms with Crippen molar-refractivity contribution in [2.45, 2.75) is 31.1 Å². The zero-order valence-electron chi connectivity index (χ0n) is 18.8. The molecular weight excluding hydrogens is 458 g/mol. The molecule has 0 aliphatic heterocycles. The fourth-order valence-corrected chi connectivity index (χ4v) is 4.39. The monoisotopic (exact) mass is 485 g/mol. The molecule has 0 aliphatic carbocycles. The summed E-state index contributed by atoms with van der Waals surface area (Å²) in [5.41, 5.74) is 2.39. The molecule has 2 N–H and O–H groups in total. The van der Waals surface area contributed by atoms with E-state index in [0.717, 1.165) is 34.7 Å². The molecular formula is C24H27N3O4S2. The van der Waals surface area contributed by atoms with Gasteiger partial charge in [-0.3, -0.25) is 9.59 Å². The first-order chi connectivity index (χ1) is 16.0. The molecule has 0 bridgehead atoms. The highest BCUT2D eigenvalue weighted by Gasteiger charge is 2.11. The van der Waals surface area contributed by atoms with E-state index in [9.17, 15) is 9.59 Å². The third kappa shape index (κ3) is 7.23. The van der Waals surface area contributed by atoms with Crippen molar-refractivity contribution in [2.75, 3.05) is 30.6 Å². The third-order valence-corrected chi connectivity index (χ3v) is 6.46. The molecule has 0 saturated heterocycles. The maximum absolute atomic E-state index is 12.4. The maximum atomic E-state index is 12.4. The Bertz CT molecular complexity index is 1080. The smallest absolute Gasteiger partial charge is 0.236 e. The van der Waals surface area contributed by atoms with Gasteiger partial charge in [-0.2, -0.15) is 0 Å². The molecule has 9 heteroatoms. The van der Waals surface area contributed by atoms with Crippen LogP contribution in [0.3, 0.4) is 0 Å². The van der Waals surface area contributed by atoms with Gasteiger partial charge in [0.1, 0.15) is 0 Å². The molecule has 33 heavy (non-hydrogen) atoms. The van der Waals surface area contributed by atoms with Crippen LogP contribution >= 0.6 is 23.1 Å². The van der Waals surface area contributed by atoms with Crippen LogP contribution < -0.4 is 20.1 Å². The molecule has 0 fully saturated rings. The fraction of sp³-hybridized carbons (Fsp3) is 0.292. The van der Waals surface area contributed by atoms with Gasteiger partial charge in [-0.15, -0.1) is 23.1 Å².